The molecule has 3 aromatic rings. The van der Waals surface area contributed by atoms with Gasteiger partial charge in [-0.15, -0.1) is 0 Å². The van der Waals surface area contributed by atoms with Gasteiger partial charge in [-0.25, -0.2) is 0 Å². The van der Waals surface area contributed by atoms with Crippen molar-refractivity contribution in [2.45, 2.75) is 19.1 Å². The first-order valence-electron chi connectivity index (χ1n) is 8.13. The number of aromatic nitrogens is 1. The molecule has 1 unspecified atom stereocenters. The van der Waals surface area contributed by atoms with E-state index in [9.17, 15) is 5.11 Å². The highest BCUT2D eigenvalue weighted by atomic mass is 16.3. The van der Waals surface area contributed by atoms with Crippen LogP contribution in [0, 0.1) is 0 Å². The summed E-state index contributed by atoms with van der Waals surface area (Å²) in [6, 6.07) is 22.2. The van der Waals surface area contributed by atoms with Crippen molar-refractivity contribution in [1.82, 2.24) is 10.3 Å². The second kappa shape index (κ2) is 7.39. The van der Waals surface area contributed by atoms with E-state index in [1.165, 1.54) is 11.1 Å². The second-order valence-corrected chi connectivity index (χ2v) is 6.18. The number of hydrogen-bond donors (Lipinski definition) is 2. The fourth-order valence-corrected chi connectivity index (χ4v) is 2.75. The van der Waals surface area contributed by atoms with Crippen molar-refractivity contribution >= 4 is 0 Å². The van der Waals surface area contributed by atoms with Gasteiger partial charge in [0, 0.05) is 25.5 Å². The third-order valence-corrected chi connectivity index (χ3v) is 4.13. The third kappa shape index (κ3) is 4.07. The van der Waals surface area contributed by atoms with Crippen molar-refractivity contribution in [1.29, 1.82) is 0 Å². The maximum absolute atomic E-state index is 10.6. The number of rotatable bonds is 6. The van der Waals surface area contributed by atoms with E-state index in [0.717, 1.165) is 11.1 Å². The smallest absolute Gasteiger partial charge is 0.0992 e. The highest BCUT2D eigenvalue weighted by Gasteiger charge is 2.21. The standard InChI is InChI=1S/C21H22N2O/c1-21(24,20-8-3-2-4-9-20)16-23-15-17-6-5-7-19(14-17)18-10-12-22-13-11-18/h2-14,23-24H,15-16H2,1H3. The van der Waals surface area contributed by atoms with E-state index >= 15 is 0 Å². The van der Waals surface area contributed by atoms with Crippen molar-refractivity contribution in [2.24, 2.45) is 0 Å². The van der Waals surface area contributed by atoms with Crippen LogP contribution in [0.1, 0.15) is 18.1 Å². The minimum Gasteiger partial charge on any atom is -0.384 e. The molecule has 2 aromatic carbocycles. The summed E-state index contributed by atoms with van der Waals surface area (Å²) in [7, 11) is 0. The monoisotopic (exact) mass is 318 g/mol. The maximum atomic E-state index is 10.6. The summed E-state index contributed by atoms with van der Waals surface area (Å²) in [5, 5.41) is 14.0. The number of aliphatic hydroxyl groups is 1. The summed E-state index contributed by atoms with van der Waals surface area (Å²) in [5.74, 6) is 0. The van der Waals surface area contributed by atoms with E-state index in [-0.39, 0.29) is 0 Å². The molecule has 0 spiro atoms. The Hall–Kier alpha value is -2.49. The summed E-state index contributed by atoms with van der Waals surface area (Å²) in [5.41, 5.74) is 3.55. The number of hydrogen-bond acceptors (Lipinski definition) is 3. The lowest BCUT2D eigenvalue weighted by Crippen LogP contribution is -2.35. The van der Waals surface area contributed by atoms with Gasteiger partial charge in [-0.3, -0.25) is 4.98 Å². The van der Waals surface area contributed by atoms with Crippen molar-refractivity contribution in [3.63, 3.8) is 0 Å². The van der Waals surface area contributed by atoms with Gasteiger partial charge < -0.3 is 10.4 Å². The molecule has 122 valence electrons. The van der Waals surface area contributed by atoms with Gasteiger partial charge in [0.05, 0.1) is 5.60 Å². The molecule has 0 saturated carbocycles. The topological polar surface area (TPSA) is 45.1 Å². The molecular formula is C21H22N2O. The van der Waals surface area contributed by atoms with E-state index in [2.05, 4.69) is 34.6 Å². The van der Waals surface area contributed by atoms with Gasteiger partial charge in [0.2, 0.25) is 0 Å². The molecule has 2 N–H and O–H groups in total. The van der Waals surface area contributed by atoms with Crippen molar-refractivity contribution < 1.29 is 5.11 Å². The van der Waals surface area contributed by atoms with Crippen LogP contribution in [0.4, 0.5) is 0 Å². The molecule has 3 nitrogen and oxygen atoms in total. The molecule has 1 aromatic heterocycles. The molecule has 3 rings (SSSR count). The minimum absolute atomic E-state index is 0.497. The molecule has 0 fully saturated rings. The quantitative estimate of drug-likeness (QED) is 0.727. The molecule has 0 radical (unpaired) electrons. The average Bonchev–Trinajstić information content (AvgIpc) is 2.63. The van der Waals surface area contributed by atoms with E-state index in [0.29, 0.717) is 13.1 Å². The fraction of sp³-hybridized carbons (Fsp3) is 0.190. The molecule has 0 bridgehead atoms. The summed E-state index contributed by atoms with van der Waals surface area (Å²) in [6.07, 6.45) is 3.61. The molecule has 1 heterocycles. The van der Waals surface area contributed by atoms with Crippen molar-refractivity contribution in [3.8, 4) is 11.1 Å². The summed E-state index contributed by atoms with van der Waals surface area (Å²) >= 11 is 0. The molecule has 0 aliphatic rings. The van der Waals surface area contributed by atoms with Crippen molar-refractivity contribution in [2.75, 3.05) is 6.54 Å². The molecule has 0 amide bonds. The fourth-order valence-electron chi connectivity index (χ4n) is 2.75. The van der Waals surface area contributed by atoms with E-state index < -0.39 is 5.60 Å². The Morgan fingerprint density at radius 2 is 1.67 bits per heavy atom. The van der Waals surface area contributed by atoms with Crippen LogP contribution in [0.25, 0.3) is 11.1 Å². The van der Waals surface area contributed by atoms with Gasteiger partial charge in [-0.2, -0.15) is 0 Å². The normalized spacial score (nSPS) is 13.4. The number of pyridine rings is 1. The van der Waals surface area contributed by atoms with E-state index in [4.69, 9.17) is 0 Å². The Kier molecular flexibility index (Phi) is 5.04. The lowest BCUT2D eigenvalue weighted by molar-refractivity contribution is 0.0567. The molecular weight excluding hydrogens is 296 g/mol. The summed E-state index contributed by atoms with van der Waals surface area (Å²) < 4.78 is 0. The van der Waals surface area contributed by atoms with Gasteiger partial charge >= 0.3 is 0 Å². The third-order valence-electron chi connectivity index (χ3n) is 4.13. The first-order chi connectivity index (χ1) is 11.6. The predicted molar refractivity (Wildman–Crippen MR) is 97.4 cm³/mol. The van der Waals surface area contributed by atoms with Crippen LogP contribution in [0.15, 0.2) is 79.1 Å². The number of benzene rings is 2. The molecule has 24 heavy (non-hydrogen) atoms. The largest absolute Gasteiger partial charge is 0.384 e. The second-order valence-electron chi connectivity index (χ2n) is 6.18. The molecule has 0 aliphatic heterocycles. The van der Waals surface area contributed by atoms with Gasteiger partial charge in [0.15, 0.2) is 0 Å². The first kappa shape index (κ1) is 16.4. The minimum atomic E-state index is -0.885. The highest BCUT2D eigenvalue weighted by Crippen LogP contribution is 2.21. The van der Waals surface area contributed by atoms with Gasteiger partial charge in [0.25, 0.3) is 0 Å². The molecule has 1 atom stereocenters. The van der Waals surface area contributed by atoms with Crippen LogP contribution in [0.2, 0.25) is 0 Å². The Morgan fingerprint density at radius 1 is 0.917 bits per heavy atom. The Balaban J connectivity index is 1.63. The van der Waals surface area contributed by atoms with E-state index in [1.54, 1.807) is 12.4 Å². The predicted octanol–water partition coefficient (Wildman–Crippen LogP) is 3.75. The number of nitrogens with zero attached hydrogens (tertiary/aromatic N) is 1. The lowest BCUT2D eigenvalue weighted by Gasteiger charge is -2.24. The van der Waals surface area contributed by atoms with Crippen LogP contribution in [0.3, 0.4) is 0 Å². The Bertz CT molecular complexity index is 770. The summed E-state index contributed by atoms with van der Waals surface area (Å²) in [6.45, 7) is 3.04. The Morgan fingerprint density at radius 3 is 2.42 bits per heavy atom. The van der Waals surface area contributed by atoms with Crippen LogP contribution < -0.4 is 5.32 Å². The highest BCUT2D eigenvalue weighted by molar-refractivity contribution is 5.63. The average molecular weight is 318 g/mol. The Labute approximate surface area is 143 Å². The maximum Gasteiger partial charge on any atom is 0.0992 e. The molecule has 0 aliphatic carbocycles. The van der Waals surface area contributed by atoms with Gasteiger partial charge in [0.1, 0.15) is 0 Å². The zero-order valence-electron chi connectivity index (χ0n) is 13.8. The zero-order chi connectivity index (χ0) is 16.8. The van der Waals surface area contributed by atoms with Crippen LogP contribution in [-0.4, -0.2) is 16.6 Å². The van der Waals surface area contributed by atoms with Crippen LogP contribution in [-0.2, 0) is 12.1 Å². The van der Waals surface area contributed by atoms with Gasteiger partial charge in [-0.05, 0) is 47.4 Å². The van der Waals surface area contributed by atoms with Crippen molar-refractivity contribution in [3.05, 3.63) is 90.3 Å². The van der Waals surface area contributed by atoms with Crippen LogP contribution >= 0.6 is 0 Å². The number of nitrogens with one attached hydrogen (secondary N) is 1. The first-order valence-corrected chi connectivity index (χ1v) is 8.13. The van der Waals surface area contributed by atoms with Gasteiger partial charge in [-0.1, -0.05) is 48.5 Å². The molecule has 3 heteroatoms. The van der Waals surface area contributed by atoms with E-state index in [1.807, 2.05) is 49.4 Å². The zero-order valence-corrected chi connectivity index (χ0v) is 13.8. The van der Waals surface area contributed by atoms with Crippen LogP contribution in [0.5, 0.6) is 0 Å². The molecule has 0 saturated heterocycles. The lowest BCUT2D eigenvalue weighted by atomic mass is 9.96. The summed E-state index contributed by atoms with van der Waals surface area (Å²) in [4.78, 5) is 4.06. The SMILES string of the molecule is CC(O)(CNCc1cccc(-c2ccncc2)c1)c1ccccc1.